The minimum Gasteiger partial charge on any atom is -0.484 e. The average Bonchev–Trinajstić information content (AvgIpc) is 3.05. The smallest absolute Gasteiger partial charge is 0.261 e. The van der Waals surface area contributed by atoms with Crippen LogP contribution in [0.15, 0.2) is 60.7 Å². The van der Waals surface area contributed by atoms with E-state index in [4.69, 9.17) is 4.74 Å². The summed E-state index contributed by atoms with van der Waals surface area (Å²) < 4.78 is 29.4. The molecule has 2 aromatic carbocycles. The predicted molar refractivity (Wildman–Crippen MR) is 111 cm³/mol. The molecule has 0 aliphatic carbocycles. The molecule has 1 aliphatic heterocycles. The molecule has 2 aromatic rings. The summed E-state index contributed by atoms with van der Waals surface area (Å²) >= 11 is 0. The summed E-state index contributed by atoms with van der Waals surface area (Å²) in [6, 6.07) is 17.0. The fourth-order valence-electron chi connectivity index (χ4n) is 3.20. The van der Waals surface area contributed by atoms with Gasteiger partial charge >= 0.3 is 0 Å². The number of nitrogens with zero attached hydrogens (tertiary/aromatic N) is 1. The number of aryl methyl sites for hydroxylation is 1. The van der Waals surface area contributed by atoms with Crippen LogP contribution in [0.4, 0.5) is 0 Å². The number of amides is 1. The highest BCUT2D eigenvalue weighted by Crippen LogP contribution is 2.19. The van der Waals surface area contributed by atoms with Crippen LogP contribution >= 0.6 is 0 Å². The summed E-state index contributed by atoms with van der Waals surface area (Å²) in [6.07, 6.45) is 4.30. The molecule has 5 nitrogen and oxygen atoms in total. The number of ether oxygens (including phenoxy) is 1. The first-order valence-electron chi connectivity index (χ1n) is 9.34. The van der Waals surface area contributed by atoms with Crippen LogP contribution in [-0.4, -0.2) is 49.9 Å². The Kier molecular flexibility index (Phi) is 6.52. The van der Waals surface area contributed by atoms with Crippen molar-refractivity contribution in [1.29, 1.82) is 0 Å². The van der Waals surface area contributed by atoms with Crippen molar-refractivity contribution in [2.75, 3.05) is 24.7 Å². The van der Waals surface area contributed by atoms with Gasteiger partial charge in [0.1, 0.15) is 5.75 Å². The maximum atomic E-state index is 12.8. The zero-order valence-electron chi connectivity index (χ0n) is 16.0. The summed E-state index contributed by atoms with van der Waals surface area (Å²) in [7, 11) is -3.08. The highest BCUT2D eigenvalue weighted by atomic mass is 32.2. The van der Waals surface area contributed by atoms with Crippen LogP contribution < -0.4 is 4.74 Å². The topological polar surface area (TPSA) is 63.7 Å². The van der Waals surface area contributed by atoms with Gasteiger partial charge < -0.3 is 9.64 Å². The molecular formula is C22H25NO4S. The molecule has 0 spiro atoms. The van der Waals surface area contributed by atoms with Crippen molar-refractivity contribution >= 4 is 21.8 Å². The molecule has 1 fully saturated rings. The molecule has 1 atom stereocenters. The lowest BCUT2D eigenvalue weighted by Gasteiger charge is -2.27. The maximum absolute atomic E-state index is 12.8. The van der Waals surface area contributed by atoms with Crippen molar-refractivity contribution in [2.24, 2.45) is 0 Å². The number of carbonyl (C=O) groups excluding carboxylic acids is 1. The third-order valence-electron chi connectivity index (χ3n) is 4.76. The van der Waals surface area contributed by atoms with Crippen molar-refractivity contribution in [1.82, 2.24) is 4.90 Å². The molecule has 1 aliphatic rings. The van der Waals surface area contributed by atoms with Crippen LogP contribution in [0.1, 0.15) is 17.5 Å². The molecule has 148 valence electrons. The molecular weight excluding hydrogens is 374 g/mol. The van der Waals surface area contributed by atoms with E-state index in [2.05, 4.69) is 0 Å². The monoisotopic (exact) mass is 399 g/mol. The second kappa shape index (κ2) is 9.06. The van der Waals surface area contributed by atoms with Crippen LogP contribution in [0.3, 0.4) is 0 Å². The normalized spacial score (nSPS) is 18.2. The molecule has 0 saturated carbocycles. The molecule has 3 rings (SSSR count). The van der Waals surface area contributed by atoms with Gasteiger partial charge in [0.05, 0.1) is 11.5 Å². The minimum atomic E-state index is -3.08. The van der Waals surface area contributed by atoms with Gasteiger partial charge in [-0.25, -0.2) is 8.42 Å². The molecule has 1 heterocycles. The fourth-order valence-corrected chi connectivity index (χ4v) is 4.94. The van der Waals surface area contributed by atoms with Gasteiger partial charge in [-0.3, -0.25) is 4.79 Å². The molecule has 1 amide bonds. The SMILES string of the molecule is Cc1ccc(OCC(=O)N(CC=Cc2ccccc2)C2CCS(=O)(=O)C2)cc1. The van der Waals surface area contributed by atoms with Crippen molar-refractivity contribution < 1.29 is 17.9 Å². The van der Waals surface area contributed by atoms with E-state index in [1.54, 1.807) is 4.90 Å². The molecule has 6 heteroatoms. The quantitative estimate of drug-likeness (QED) is 0.718. The first kappa shape index (κ1) is 20.1. The van der Waals surface area contributed by atoms with E-state index < -0.39 is 9.84 Å². The number of hydrogen-bond donors (Lipinski definition) is 0. The predicted octanol–water partition coefficient (Wildman–Crippen LogP) is 3.10. The average molecular weight is 400 g/mol. The molecule has 0 aromatic heterocycles. The molecule has 0 bridgehead atoms. The van der Waals surface area contributed by atoms with Gasteiger partial charge in [0.15, 0.2) is 16.4 Å². The van der Waals surface area contributed by atoms with Crippen LogP contribution in [0.2, 0.25) is 0 Å². The Labute approximate surface area is 166 Å². The summed E-state index contributed by atoms with van der Waals surface area (Å²) in [6.45, 7) is 2.22. The van der Waals surface area contributed by atoms with Gasteiger partial charge in [0, 0.05) is 12.6 Å². The number of sulfone groups is 1. The van der Waals surface area contributed by atoms with Crippen molar-refractivity contribution in [2.45, 2.75) is 19.4 Å². The second-order valence-corrected chi connectivity index (χ2v) is 9.25. The summed E-state index contributed by atoms with van der Waals surface area (Å²) in [5, 5.41) is 0. The lowest BCUT2D eigenvalue weighted by molar-refractivity contribution is -0.134. The summed E-state index contributed by atoms with van der Waals surface area (Å²) in [5.74, 6) is 0.559. The van der Waals surface area contributed by atoms with Gasteiger partial charge in [-0.2, -0.15) is 0 Å². The molecule has 1 saturated heterocycles. The van der Waals surface area contributed by atoms with Gasteiger partial charge in [-0.1, -0.05) is 60.2 Å². The minimum absolute atomic E-state index is 0.0163. The standard InChI is InChI=1S/C22H25NO4S/c1-18-9-11-21(12-10-18)27-16-22(24)23(20-13-15-28(25,26)17-20)14-5-8-19-6-3-2-4-7-19/h2-12,20H,13-17H2,1H3. The van der Waals surface area contributed by atoms with E-state index in [0.717, 1.165) is 11.1 Å². The Morgan fingerprint density at radius 2 is 1.86 bits per heavy atom. The Bertz CT molecular complexity index is 921. The maximum Gasteiger partial charge on any atom is 0.261 e. The molecule has 1 unspecified atom stereocenters. The highest BCUT2D eigenvalue weighted by molar-refractivity contribution is 7.91. The van der Waals surface area contributed by atoms with E-state index in [1.165, 1.54) is 0 Å². The number of rotatable bonds is 7. The van der Waals surface area contributed by atoms with Gasteiger partial charge in [-0.15, -0.1) is 0 Å². The fraction of sp³-hybridized carbons (Fsp3) is 0.318. The van der Waals surface area contributed by atoms with Crippen molar-refractivity contribution in [3.63, 3.8) is 0 Å². The van der Waals surface area contributed by atoms with E-state index in [1.807, 2.05) is 73.7 Å². The number of hydrogen-bond acceptors (Lipinski definition) is 4. The Hall–Kier alpha value is -2.60. The summed E-state index contributed by atoms with van der Waals surface area (Å²) in [4.78, 5) is 14.4. The van der Waals surface area contributed by atoms with E-state index in [9.17, 15) is 13.2 Å². The Balaban J connectivity index is 1.67. The lowest BCUT2D eigenvalue weighted by Crippen LogP contribution is -2.43. The van der Waals surface area contributed by atoms with E-state index in [-0.39, 0.29) is 30.1 Å². The first-order chi connectivity index (χ1) is 13.4. The third kappa shape index (κ3) is 5.70. The van der Waals surface area contributed by atoms with Crippen LogP contribution in [0.5, 0.6) is 5.75 Å². The van der Waals surface area contributed by atoms with E-state index in [0.29, 0.717) is 18.7 Å². The summed E-state index contributed by atoms with van der Waals surface area (Å²) in [5.41, 5.74) is 2.15. The molecule has 0 radical (unpaired) electrons. The number of carbonyl (C=O) groups is 1. The first-order valence-corrected chi connectivity index (χ1v) is 11.2. The van der Waals surface area contributed by atoms with E-state index >= 15 is 0 Å². The zero-order valence-corrected chi connectivity index (χ0v) is 16.8. The van der Waals surface area contributed by atoms with Crippen molar-refractivity contribution in [3.05, 3.63) is 71.8 Å². The van der Waals surface area contributed by atoms with Gasteiger partial charge in [-0.05, 0) is 31.0 Å². The van der Waals surface area contributed by atoms with Crippen LogP contribution in [-0.2, 0) is 14.6 Å². The van der Waals surface area contributed by atoms with Gasteiger partial charge in [0.2, 0.25) is 0 Å². The third-order valence-corrected chi connectivity index (χ3v) is 6.52. The van der Waals surface area contributed by atoms with Crippen LogP contribution in [0, 0.1) is 6.92 Å². The molecule has 28 heavy (non-hydrogen) atoms. The lowest BCUT2D eigenvalue weighted by atomic mass is 10.2. The Morgan fingerprint density at radius 3 is 2.50 bits per heavy atom. The largest absolute Gasteiger partial charge is 0.484 e. The number of benzene rings is 2. The Morgan fingerprint density at radius 1 is 1.14 bits per heavy atom. The molecule has 0 N–H and O–H groups in total. The van der Waals surface area contributed by atoms with Crippen molar-refractivity contribution in [3.8, 4) is 5.75 Å². The zero-order chi connectivity index (χ0) is 20.0. The second-order valence-electron chi connectivity index (χ2n) is 7.02. The highest BCUT2D eigenvalue weighted by Gasteiger charge is 2.34. The van der Waals surface area contributed by atoms with Crippen LogP contribution in [0.25, 0.3) is 6.08 Å². The van der Waals surface area contributed by atoms with Gasteiger partial charge in [0.25, 0.3) is 5.91 Å².